The summed E-state index contributed by atoms with van der Waals surface area (Å²) in [6.07, 6.45) is -1.74. The van der Waals surface area contributed by atoms with Crippen molar-refractivity contribution in [2.45, 2.75) is 37.6 Å². The van der Waals surface area contributed by atoms with Crippen LogP contribution in [0.15, 0.2) is 0 Å². The second-order valence-electron chi connectivity index (χ2n) is 5.36. The third-order valence-electron chi connectivity index (χ3n) is 3.10. The topological polar surface area (TPSA) is 214 Å². The number of primary amides is 1. The van der Waals surface area contributed by atoms with Gasteiger partial charge in [0.15, 0.2) is 0 Å². The molecule has 0 bridgehead atoms. The summed E-state index contributed by atoms with van der Waals surface area (Å²) in [6.45, 7) is 0.775. The molecule has 0 saturated heterocycles. The molecule has 9 N–H and O–H groups in total. The Balaban J connectivity index is 4.65. The minimum Gasteiger partial charge on any atom is -0.480 e. The number of carbonyl (C=O) groups is 5. The molecule has 4 amide bonds. The predicted molar refractivity (Wildman–Crippen MR) is 91.8 cm³/mol. The van der Waals surface area contributed by atoms with Gasteiger partial charge in [0.1, 0.15) is 18.1 Å². The molecule has 0 aliphatic heterocycles. The van der Waals surface area contributed by atoms with E-state index in [-0.39, 0.29) is 5.75 Å². The van der Waals surface area contributed by atoms with Gasteiger partial charge in [0.2, 0.25) is 23.6 Å². The van der Waals surface area contributed by atoms with Crippen molar-refractivity contribution in [1.29, 1.82) is 0 Å². The standard InChI is InChI=1S/C13H23N5O7S/c1-5(19)10(15)12(23)16-3-9(21)17-7(4-26)11(22)18-6(13(24)25)2-8(14)20/h5-7,10,19,26H,2-4,15H2,1H3,(H2,14,20)(H,16,23)(H,17,21)(H,18,22)(H,24,25). The lowest BCUT2D eigenvalue weighted by Gasteiger charge is -2.20. The van der Waals surface area contributed by atoms with Gasteiger partial charge in [-0.1, -0.05) is 0 Å². The average molecular weight is 393 g/mol. The molecule has 0 aromatic rings. The first-order valence-electron chi connectivity index (χ1n) is 7.42. The second-order valence-corrected chi connectivity index (χ2v) is 5.72. The zero-order chi connectivity index (χ0) is 20.4. The molecule has 0 aromatic carbocycles. The number of thiol groups is 1. The minimum absolute atomic E-state index is 0.179. The minimum atomic E-state index is -1.55. The van der Waals surface area contributed by atoms with E-state index in [1.807, 2.05) is 0 Å². The summed E-state index contributed by atoms with van der Waals surface area (Å²) in [6, 6.07) is -4.00. The maximum atomic E-state index is 12.0. The summed E-state index contributed by atoms with van der Waals surface area (Å²) in [4.78, 5) is 57.1. The van der Waals surface area contributed by atoms with E-state index in [9.17, 15) is 29.1 Å². The van der Waals surface area contributed by atoms with Crippen LogP contribution in [0.2, 0.25) is 0 Å². The Kier molecular flexibility index (Phi) is 10.2. The fourth-order valence-corrected chi connectivity index (χ4v) is 1.87. The SMILES string of the molecule is CC(O)C(N)C(=O)NCC(=O)NC(CS)C(=O)NC(CC(N)=O)C(=O)O. The predicted octanol–water partition coefficient (Wildman–Crippen LogP) is -4.33. The zero-order valence-corrected chi connectivity index (χ0v) is 14.9. The van der Waals surface area contributed by atoms with Crippen molar-refractivity contribution in [3.8, 4) is 0 Å². The molecule has 4 atom stereocenters. The van der Waals surface area contributed by atoms with E-state index in [0.717, 1.165) is 0 Å². The van der Waals surface area contributed by atoms with Gasteiger partial charge in [-0.2, -0.15) is 12.6 Å². The molecule has 0 aliphatic carbocycles. The van der Waals surface area contributed by atoms with Gasteiger partial charge < -0.3 is 37.6 Å². The highest BCUT2D eigenvalue weighted by atomic mass is 32.1. The van der Waals surface area contributed by atoms with Crippen LogP contribution in [0.4, 0.5) is 0 Å². The largest absolute Gasteiger partial charge is 0.480 e. The molecule has 0 aliphatic rings. The Morgan fingerprint density at radius 2 is 1.65 bits per heavy atom. The number of amides is 4. The highest BCUT2D eigenvalue weighted by molar-refractivity contribution is 7.80. The molecule has 4 unspecified atom stereocenters. The van der Waals surface area contributed by atoms with Crippen molar-refractivity contribution in [2.75, 3.05) is 12.3 Å². The Bertz CT molecular complexity index is 557. The van der Waals surface area contributed by atoms with Crippen molar-refractivity contribution in [2.24, 2.45) is 11.5 Å². The van der Waals surface area contributed by atoms with Crippen LogP contribution in [-0.4, -0.2) is 76.3 Å². The highest BCUT2D eigenvalue weighted by Gasteiger charge is 2.27. The van der Waals surface area contributed by atoms with Crippen molar-refractivity contribution in [3.63, 3.8) is 0 Å². The number of rotatable bonds is 11. The summed E-state index contributed by atoms with van der Waals surface area (Å²) in [5.74, 6) is -5.01. The Morgan fingerprint density at radius 1 is 1.08 bits per heavy atom. The van der Waals surface area contributed by atoms with Crippen molar-refractivity contribution in [3.05, 3.63) is 0 Å². The summed E-state index contributed by atoms with van der Waals surface area (Å²) in [5.41, 5.74) is 10.3. The number of hydrogen-bond donors (Lipinski definition) is 8. The van der Waals surface area contributed by atoms with Crippen molar-refractivity contribution >= 4 is 42.2 Å². The lowest BCUT2D eigenvalue weighted by atomic mass is 10.2. The molecule has 0 aromatic heterocycles. The molecule has 13 heteroatoms. The number of aliphatic hydroxyl groups excluding tert-OH is 1. The third-order valence-corrected chi connectivity index (χ3v) is 3.46. The molecule has 148 valence electrons. The molecule has 12 nitrogen and oxygen atoms in total. The summed E-state index contributed by atoms with van der Waals surface area (Å²) < 4.78 is 0. The number of carboxylic acids is 1. The van der Waals surface area contributed by atoms with Gasteiger partial charge >= 0.3 is 5.97 Å². The maximum Gasteiger partial charge on any atom is 0.326 e. The zero-order valence-electron chi connectivity index (χ0n) is 14.0. The van der Waals surface area contributed by atoms with Crippen LogP contribution in [0.1, 0.15) is 13.3 Å². The molecule has 26 heavy (non-hydrogen) atoms. The second kappa shape index (κ2) is 11.3. The quantitative estimate of drug-likeness (QED) is 0.160. The first kappa shape index (κ1) is 23.6. The van der Waals surface area contributed by atoms with Gasteiger partial charge in [-0.25, -0.2) is 4.79 Å². The third kappa shape index (κ3) is 8.64. The van der Waals surface area contributed by atoms with E-state index in [1.165, 1.54) is 6.92 Å². The fraction of sp³-hybridized carbons (Fsp3) is 0.615. The molecule has 0 saturated carbocycles. The van der Waals surface area contributed by atoms with E-state index in [4.69, 9.17) is 16.6 Å². The van der Waals surface area contributed by atoms with Crippen molar-refractivity contribution < 1.29 is 34.2 Å². The van der Waals surface area contributed by atoms with Crippen LogP contribution in [0.3, 0.4) is 0 Å². The average Bonchev–Trinajstić information content (AvgIpc) is 2.55. The lowest BCUT2D eigenvalue weighted by Crippen LogP contribution is -2.55. The van der Waals surface area contributed by atoms with Gasteiger partial charge in [0, 0.05) is 5.75 Å². The van der Waals surface area contributed by atoms with Crippen LogP contribution in [0, 0.1) is 0 Å². The highest BCUT2D eigenvalue weighted by Crippen LogP contribution is 1.96. The number of nitrogens with two attached hydrogens (primary N) is 2. The van der Waals surface area contributed by atoms with Crippen LogP contribution in [0.25, 0.3) is 0 Å². The molecule has 0 fully saturated rings. The van der Waals surface area contributed by atoms with E-state index >= 15 is 0 Å². The molecular weight excluding hydrogens is 370 g/mol. The molecule has 0 heterocycles. The summed E-state index contributed by atoms with van der Waals surface area (Å²) >= 11 is 3.89. The lowest BCUT2D eigenvalue weighted by molar-refractivity contribution is -0.143. The van der Waals surface area contributed by atoms with E-state index in [0.29, 0.717) is 0 Å². The number of aliphatic carboxylic acids is 1. The number of hydrogen-bond acceptors (Lipinski definition) is 8. The van der Waals surface area contributed by atoms with Gasteiger partial charge in [-0.15, -0.1) is 0 Å². The maximum absolute atomic E-state index is 12.0. The first-order chi connectivity index (χ1) is 12.0. The Morgan fingerprint density at radius 3 is 2.08 bits per heavy atom. The van der Waals surface area contributed by atoms with Crippen LogP contribution < -0.4 is 27.4 Å². The summed E-state index contributed by atoms with van der Waals surface area (Å²) in [5, 5.41) is 24.6. The van der Waals surface area contributed by atoms with Crippen LogP contribution in [0.5, 0.6) is 0 Å². The van der Waals surface area contributed by atoms with E-state index < -0.39 is 66.8 Å². The summed E-state index contributed by atoms with van der Waals surface area (Å²) in [7, 11) is 0. The first-order valence-corrected chi connectivity index (χ1v) is 8.05. The van der Waals surface area contributed by atoms with Crippen molar-refractivity contribution in [1.82, 2.24) is 16.0 Å². The van der Waals surface area contributed by atoms with Gasteiger partial charge in [-0.05, 0) is 6.92 Å². The molecule has 0 spiro atoms. The fourth-order valence-electron chi connectivity index (χ4n) is 1.62. The Labute approximate surface area is 154 Å². The normalized spacial score (nSPS) is 15.1. The van der Waals surface area contributed by atoms with Gasteiger partial charge in [0.05, 0.1) is 19.1 Å². The monoisotopic (exact) mass is 393 g/mol. The molecular formula is C13H23N5O7S. The van der Waals surface area contributed by atoms with Gasteiger partial charge in [0.25, 0.3) is 0 Å². The number of carboxylic acid groups (broad SMARTS) is 1. The number of carbonyl (C=O) groups excluding carboxylic acids is 4. The molecule has 0 radical (unpaired) electrons. The van der Waals surface area contributed by atoms with Crippen LogP contribution in [-0.2, 0) is 24.0 Å². The number of aliphatic hydroxyl groups is 1. The number of nitrogens with one attached hydrogen (secondary N) is 3. The smallest absolute Gasteiger partial charge is 0.326 e. The van der Waals surface area contributed by atoms with Gasteiger partial charge in [-0.3, -0.25) is 19.2 Å². The van der Waals surface area contributed by atoms with E-state index in [2.05, 4.69) is 28.6 Å². The van der Waals surface area contributed by atoms with Crippen LogP contribution >= 0.6 is 12.6 Å². The Hall–Kier alpha value is -2.38. The van der Waals surface area contributed by atoms with E-state index in [1.54, 1.807) is 0 Å². The molecule has 0 rings (SSSR count).